The summed E-state index contributed by atoms with van der Waals surface area (Å²) >= 11 is 3.28. The summed E-state index contributed by atoms with van der Waals surface area (Å²) in [5.41, 5.74) is 6.19. The van der Waals surface area contributed by atoms with E-state index >= 15 is 0 Å². The van der Waals surface area contributed by atoms with Crippen molar-refractivity contribution in [3.05, 3.63) is 57.4 Å². The van der Waals surface area contributed by atoms with Gasteiger partial charge in [0.1, 0.15) is 11.4 Å². The molecule has 1 aromatic carbocycles. The zero-order valence-corrected chi connectivity index (χ0v) is 16.0. The first kappa shape index (κ1) is 16.2. The van der Waals surface area contributed by atoms with Crippen LogP contribution in [0.2, 0.25) is 0 Å². The summed E-state index contributed by atoms with van der Waals surface area (Å²) in [6.45, 7) is 6.39. The molecule has 25 heavy (non-hydrogen) atoms. The quantitative estimate of drug-likeness (QED) is 0.429. The molecule has 3 heterocycles. The number of nitrogens with zero attached hydrogens (tertiary/aromatic N) is 2. The lowest BCUT2D eigenvalue weighted by atomic mass is 10.0. The van der Waals surface area contributed by atoms with Gasteiger partial charge in [-0.05, 0) is 54.5 Å². The smallest absolute Gasteiger partial charge is 0.195 e. The average molecular weight is 367 g/mol. The predicted molar refractivity (Wildman–Crippen MR) is 106 cm³/mol. The van der Waals surface area contributed by atoms with Crippen molar-refractivity contribution < 1.29 is 4.79 Å². The highest BCUT2D eigenvalue weighted by molar-refractivity contribution is 7.17. The molecule has 3 aromatic heterocycles. The van der Waals surface area contributed by atoms with Crippen LogP contribution in [0.1, 0.15) is 33.4 Å². The molecule has 0 unspecified atom stereocenters. The second kappa shape index (κ2) is 6.24. The van der Waals surface area contributed by atoms with Gasteiger partial charge >= 0.3 is 0 Å². The van der Waals surface area contributed by atoms with Gasteiger partial charge in [-0.15, -0.1) is 22.7 Å². The second-order valence-electron chi connectivity index (χ2n) is 6.09. The molecule has 3 nitrogen and oxygen atoms in total. The van der Waals surface area contributed by atoms with Crippen molar-refractivity contribution in [3.63, 3.8) is 0 Å². The number of imidazole rings is 1. The number of carbonyl (C=O) groups is 1. The van der Waals surface area contributed by atoms with Gasteiger partial charge in [0, 0.05) is 4.88 Å². The first-order valence-electron chi connectivity index (χ1n) is 8.24. The Morgan fingerprint density at radius 3 is 2.68 bits per heavy atom. The maximum absolute atomic E-state index is 11.9. The number of thiophene rings is 1. The normalized spacial score (nSPS) is 11.3. The Bertz CT molecular complexity index is 1070. The summed E-state index contributed by atoms with van der Waals surface area (Å²) in [7, 11) is 0. The van der Waals surface area contributed by atoms with E-state index in [-0.39, 0.29) is 0 Å². The standard InChI is InChI=1S/C20H18N2OS2/c1-4-16-19(14-8-7-12(2)13(3)10-14)22-15(11-23)18(21-20(22)25-16)17-6-5-9-24-17/h5-11H,4H2,1-3H3. The van der Waals surface area contributed by atoms with Crippen LogP contribution in [0.25, 0.3) is 26.8 Å². The number of hydrogen-bond acceptors (Lipinski definition) is 4. The number of aromatic nitrogens is 2. The van der Waals surface area contributed by atoms with Crippen molar-refractivity contribution in [1.29, 1.82) is 0 Å². The fourth-order valence-electron chi connectivity index (χ4n) is 3.10. The van der Waals surface area contributed by atoms with Crippen molar-refractivity contribution in [2.75, 3.05) is 0 Å². The molecule has 0 atom stereocenters. The van der Waals surface area contributed by atoms with Gasteiger partial charge in [0.25, 0.3) is 0 Å². The summed E-state index contributed by atoms with van der Waals surface area (Å²) in [5.74, 6) is 0. The number of carbonyl (C=O) groups excluding carboxylic acids is 1. The number of fused-ring (bicyclic) bond motifs is 1. The molecule has 0 aliphatic heterocycles. The molecule has 4 aromatic rings. The van der Waals surface area contributed by atoms with E-state index < -0.39 is 0 Å². The zero-order chi connectivity index (χ0) is 17.6. The van der Waals surface area contributed by atoms with Crippen LogP contribution in [0.4, 0.5) is 0 Å². The average Bonchev–Trinajstić information content (AvgIpc) is 3.30. The first-order chi connectivity index (χ1) is 12.1. The Hall–Kier alpha value is -2.24. The van der Waals surface area contributed by atoms with Crippen LogP contribution in [-0.4, -0.2) is 15.7 Å². The number of hydrogen-bond donors (Lipinski definition) is 0. The third kappa shape index (κ3) is 2.55. The monoisotopic (exact) mass is 366 g/mol. The SMILES string of the molecule is CCc1sc2nc(-c3cccs3)c(C=O)n2c1-c1ccc(C)c(C)c1. The van der Waals surface area contributed by atoms with E-state index in [2.05, 4.69) is 39.0 Å². The molecule has 0 amide bonds. The summed E-state index contributed by atoms with van der Waals surface area (Å²) in [4.78, 5) is 19.9. The summed E-state index contributed by atoms with van der Waals surface area (Å²) < 4.78 is 2.04. The highest BCUT2D eigenvalue weighted by atomic mass is 32.1. The van der Waals surface area contributed by atoms with Gasteiger partial charge in [-0.3, -0.25) is 9.20 Å². The third-order valence-electron chi connectivity index (χ3n) is 4.55. The van der Waals surface area contributed by atoms with Crippen LogP contribution >= 0.6 is 22.7 Å². The molecule has 0 radical (unpaired) electrons. The fraction of sp³-hybridized carbons (Fsp3) is 0.200. The van der Waals surface area contributed by atoms with Gasteiger partial charge in [-0.2, -0.15) is 0 Å². The predicted octanol–water partition coefficient (Wildman–Crippen LogP) is 5.78. The van der Waals surface area contributed by atoms with Crippen LogP contribution in [-0.2, 0) is 6.42 Å². The highest BCUT2D eigenvalue weighted by Gasteiger charge is 2.22. The molecular formula is C20H18N2OS2. The minimum atomic E-state index is 0.640. The number of benzene rings is 1. The molecule has 0 saturated carbocycles. The summed E-state index contributed by atoms with van der Waals surface area (Å²) in [6.07, 6.45) is 1.86. The minimum absolute atomic E-state index is 0.640. The summed E-state index contributed by atoms with van der Waals surface area (Å²) in [6, 6.07) is 10.5. The number of rotatable bonds is 4. The highest BCUT2D eigenvalue weighted by Crippen LogP contribution is 2.37. The molecule has 0 aliphatic carbocycles. The van der Waals surface area contributed by atoms with Crippen LogP contribution in [0.5, 0.6) is 0 Å². The lowest BCUT2D eigenvalue weighted by Crippen LogP contribution is -1.96. The van der Waals surface area contributed by atoms with Gasteiger partial charge in [-0.1, -0.05) is 25.1 Å². The topological polar surface area (TPSA) is 34.4 Å². The van der Waals surface area contributed by atoms with E-state index in [4.69, 9.17) is 4.98 Å². The lowest BCUT2D eigenvalue weighted by molar-refractivity contribution is 0.111. The van der Waals surface area contributed by atoms with Crippen molar-refractivity contribution in [1.82, 2.24) is 9.38 Å². The Kier molecular flexibility index (Phi) is 4.06. The molecule has 4 rings (SSSR count). The lowest BCUT2D eigenvalue weighted by Gasteiger charge is -2.08. The Morgan fingerprint density at radius 2 is 2.04 bits per heavy atom. The van der Waals surface area contributed by atoms with E-state index in [1.54, 1.807) is 22.7 Å². The van der Waals surface area contributed by atoms with E-state index in [9.17, 15) is 4.79 Å². The van der Waals surface area contributed by atoms with Gasteiger partial charge < -0.3 is 0 Å². The van der Waals surface area contributed by atoms with Gasteiger partial charge in [-0.25, -0.2) is 4.98 Å². The zero-order valence-electron chi connectivity index (χ0n) is 14.4. The molecule has 0 bridgehead atoms. The maximum atomic E-state index is 11.9. The molecule has 0 spiro atoms. The molecule has 0 fully saturated rings. The Balaban J connectivity index is 2.05. The second-order valence-corrected chi connectivity index (χ2v) is 8.09. The molecular weight excluding hydrogens is 348 g/mol. The van der Waals surface area contributed by atoms with Crippen molar-refractivity contribution in [2.45, 2.75) is 27.2 Å². The van der Waals surface area contributed by atoms with Gasteiger partial charge in [0.05, 0.1) is 10.6 Å². The van der Waals surface area contributed by atoms with E-state index in [1.807, 2.05) is 21.9 Å². The van der Waals surface area contributed by atoms with E-state index in [0.717, 1.165) is 39.5 Å². The Labute approximate surface area is 154 Å². The summed E-state index contributed by atoms with van der Waals surface area (Å²) in [5, 5.41) is 2.01. The number of aryl methyl sites for hydroxylation is 3. The van der Waals surface area contributed by atoms with Gasteiger partial charge in [0.2, 0.25) is 0 Å². The molecule has 0 saturated heterocycles. The van der Waals surface area contributed by atoms with Crippen molar-refractivity contribution >= 4 is 33.9 Å². The number of aldehydes is 1. The largest absolute Gasteiger partial charge is 0.296 e. The van der Waals surface area contributed by atoms with Crippen molar-refractivity contribution in [3.8, 4) is 21.8 Å². The molecule has 126 valence electrons. The van der Waals surface area contributed by atoms with Crippen LogP contribution in [0, 0.1) is 13.8 Å². The first-order valence-corrected chi connectivity index (χ1v) is 9.94. The maximum Gasteiger partial charge on any atom is 0.195 e. The Morgan fingerprint density at radius 1 is 1.20 bits per heavy atom. The van der Waals surface area contributed by atoms with Gasteiger partial charge in [0.15, 0.2) is 11.2 Å². The third-order valence-corrected chi connectivity index (χ3v) is 6.61. The molecule has 5 heteroatoms. The van der Waals surface area contributed by atoms with E-state index in [1.165, 1.54) is 16.0 Å². The minimum Gasteiger partial charge on any atom is -0.296 e. The number of thiazole rings is 1. The van der Waals surface area contributed by atoms with Crippen LogP contribution < -0.4 is 0 Å². The van der Waals surface area contributed by atoms with E-state index in [0.29, 0.717) is 5.69 Å². The molecule has 0 N–H and O–H groups in total. The fourth-order valence-corrected chi connectivity index (χ4v) is 4.91. The van der Waals surface area contributed by atoms with Crippen molar-refractivity contribution in [2.24, 2.45) is 0 Å². The van der Waals surface area contributed by atoms with Crippen LogP contribution in [0.15, 0.2) is 35.7 Å². The molecule has 0 aliphatic rings. The van der Waals surface area contributed by atoms with Crippen LogP contribution in [0.3, 0.4) is 0 Å².